The maximum atomic E-state index is 6.28. The van der Waals surface area contributed by atoms with E-state index in [2.05, 4.69) is 29.2 Å². The third kappa shape index (κ3) is 1.93. The lowest BCUT2D eigenvalue weighted by atomic mass is 9.79. The molecule has 2 unspecified atom stereocenters. The van der Waals surface area contributed by atoms with Gasteiger partial charge in [0.25, 0.3) is 0 Å². The molecule has 2 heteroatoms. The second-order valence-electron chi connectivity index (χ2n) is 4.97. The van der Waals surface area contributed by atoms with Crippen LogP contribution in [-0.4, -0.2) is 11.0 Å². The van der Waals surface area contributed by atoms with Gasteiger partial charge >= 0.3 is 0 Å². The summed E-state index contributed by atoms with van der Waals surface area (Å²) in [7, 11) is 0. The topological polar surface area (TPSA) is 38.9 Å². The van der Waals surface area contributed by atoms with Crippen molar-refractivity contribution in [3.63, 3.8) is 0 Å². The Bertz CT molecular complexity index is 516. The Morgan fingerprint density at radius 2 is 1.94 bits per heavy atom. The second-order valence-corrected chi connectivity index (χ2v) is 4.97. The normalized spacial score (nSPS) is 25.0. The minimum Gasteiger partial charge on any atom is -0.327 e. The Kier molecular flexibility index (Phi) is 2.81. The zero-order valence-electron chi connectivity index (χ0n) is 9.97. The first-order chi connectivity index (χ1) is 8.36. The Morgan fingerprint density at radius 1 is 1.06 bits per heavy atom. The van der Waals surface area contributed by atoms with Crippen molar-refractivity contribution < 1.29 is 0 Å². The molecule has 0 radical (unpaired) electrons. The van der Waals surface area contributed by atoms with Crippen LogP contribution >= 0.6 is 0 Å². The zero-order chi connectivity index (χ0) is 11.7. The number of rotatable bonds is 1. The Balaban J connectivity index is 2.10. The maximum Gasteiger partial charge on any atom is 0.0704 e. The molecule has 2 atom stereocenters. The van der Waals surface area contributed by atoms with E-state index in [9.17, 15) is 0 Å². The third-order valence-corrected chi connectivity index (χ3v) is 3.90. The monoisotopic (exact) mass is 226 g/mol. The largest absolute Gasteiger partial charge is 0.327 e. The first kappa shape index (κ1) is 10.7. The molecule has 1 heterocycles. The second kappa shape index (κ2) is 4.46. The maximum absolute atomic E-state index is 6.28. The molecule has 0 saturated heterocycles. The molecule has 1 aromatic carbocycles. The van der Waals surface area contributed by atoms with Crippen LogP contribution in [0.2, 0.25) is 0 Å². The van der Waals surface area contributed by atoms with Gasteiger partial charge in [-0.25, -0.2) is 0 Å². The first-order valence-electron chi connectivity index (χ1n) is 6.45. The fourth-order valence-electron chi connectivity index (χ4n) is 3.00. The van der Waals surface area contributed by atoms with Crippen LogP contribution in [0.15, 0.2) is 36.5 Å². The van der Waals surface area contributed by atoms with Gasteiger partial charge in [-0.3, -0.25) is 4.98 Å². The van der Waals surface area contributed by atoms with Gasteiger partial charge in [-0.05, 0) is 36.5 Å². The number of aromatic nitrogens is 1. The molecule has 3 rings (SSSR count). The predicted molar refractivity (Wildman–Crippen MR) is 70.9 cm³/mol. The van der Waals surface area contributed by atoms with E-state index >= 15 is 0 Å². The summed E-state index contributed by atoms with van der Waals surface area (Å²) in [4.78, 5) is 4.42. The van der Waals surface area contributed by atoms with Gasteiger partial charge in [0.2, 0.25) is 0 Å². The molecule has 1 aliphatic rings. The SMILES string of the molecule is NC1CCCCC1c1cccc2ncccc12. The summed E-state index contributed by atoms with van der Waals surface area (Å²) >= 11 is 0. The summed E-state index contributed by atoms with van der Waals surface area (Å²) < 4.78 is 0. The number of pyridine rings is 1. The van der Waals surface area contributed by atoms with Crippen molar-refractivity contribution in [1.29, 1.82) is 0 Å². The van der Waals surface area contributed by atoms with E-state index in [0.717, 1.165) is 11.9 Å². The average Bonchev–Trinajstić information content (AvgIpc) is 2.39. The van der Waals surface area contributed by atoms with E-state index in [1.807, 2.05) is 12.3 Å². The van der Waals surface area contributed by atoms with E-state index in [4.69, 9.17) is 5.73 Å². The van der Waals surface area contributed by atoms with E-state index < -0.39 is 0 Å². The van der Waals surface area contributed by atoms with Gasteiger partial charge in [-0.2, -0.15) is 0 Å². The lowest BCUT2D eigenvalue weighted by Gasteiger charge is -2.29. The van der Waals surface area contributed by atoms with Crippen LogP contribution < -0.4 is 5.73 Å². The summed E-state index contributed by atoms with van der Waals surface area (Å²) in [6.07, 6.45) is 6.80. The molecule has 2 N–H and O–H groups in total. The lowest BCUT2D eigenvalue weighted by Crippen LogP contribution is -2.31. The molecule has 17 heavy (non-hydrogen) atoms. The molecule has 2 nitrogen and oxygen atoms in total. The molecule has 1 aromatic heterocycles. The third-order valence-electron chi connectivity index (χ3n) is 3.90. The van der Waals surface area contributed by atoms with Crippen LogP contribution in [0.3, 0.4) is 0 Å². The molecular weight excluding hydrogens is 208 g/mol. The van der Waals surface area contributed by atoms with E-state index in [0.29, 0.717) is 12.0 Å². The van der Waals surface area contributed by atoms with Gasteiger partial charge in [0.05, 0.1) is 5.52 Å². The molecule has 1 fully saturated rings. The Labute approximate surface area is 102 Å². The fraction of sp³-hybridized carbons (Fsp3) is 0.400. The van der Waals surface area contributed by atoms with E-state index in [-0.39, 0.29) is 0 Å². The van der Waals surface area contributed by atoms with E-state index in [1.165, 1.54) is 30.2 Å². The van der Waals surface area contributed by atoms with E-state index in [1.54, 1.807) is 0 Å². The minimum atomic E-state index is 0.314. The van der Waals surface area contributed by atoms with Crippen LogP contribution in [0.4, 0.5) is 0 Å². The molecule has 88 valence electrons. The highest BCUT2D eigenvalue weighted by molar-refractivity contribution is 5.82. The molecule has 1 aliphatic carbocycles. The van der Waals surface area contributed by atoms with Gasteiger partial charge in [0.15, 0.2) is 0 Å². The van der Waals surface area contributed by atoms with Gasteiger partial charge in [-0.1, -0.05) is 31.0 Å². The van der Waals surface area contributed by atoms with Crippen molar-refractivity contribution in [3.05, 3.63) is 42.1 Å². The van der Waals surface area contributed by atoms with Gasteiger partial charge in [0, 0.05) is 17.6 Å². The van der Waals surface area contributed by atoms with Crippen LogP contribution in [-0.2, 0) is 0 Å². The molecule has 1 saturated carbocycles. The summed E-state index contributed by atoms with van der Waals surface area (Å²) in [6.45, 7) is 0. The van der Waals surface area contributed by atoms with Crippen molar-refractivity contribution in [1.82, 2.24) is 4.98 Å². The quantitative estimate of drug-likeness (QED) is 0.811. The summed E-state index contributed by atoms with van der Waals surface area (Å²) in [6, 6.07) is 10.9. The number of benzene rings is 1. The van der Waals surface area contributed by atoms with Crippen LogP contribution in [0.1, 0.15) is 37.2 Å². The summed E-state index contributed by atoms with van der Waals surface area (Å²) in [5, 5.41) is 1.28. The highest BCUT2D eigenvalue weighted by Crippen LogP contribution is 2.35. The highest BCUT2D eigenvalue weighted by Gasteiger charge is 2.24. The summed E-state index contributed by atoms with van der Waals surface area (Å²) in [5.74, 6) is 0.511. The number of nitrogens with two attached hydrogens (primary N) is 1. The smallest absolute Gasteiger partial charge is 0.0704 e. The van der Waals surface area contributed by atoms with Gasteiger partial charge in [-0.15, -0.1) is 0 Å². The van der Waals surface area contributed by atoms with Crippen molar-refractivity contribution in [2.24, 2.45) is 5.73 Å². The molecular formula is C15H18N2. The number of hydrogen-bond donors (Lipinski definition) is 1. The standard InChI is InChI=1S/C15H18N2/c16-14-8-2-1-5-12(14)11-6-3-9-15-13(11)7-4-10-17-15/h3-4,6-7,9-10,12,14H,1-2,5,8,16H2. The summed E-state index contributed by atoms with van der Waals surface area (Å²) in [5.41, 5.74) is 8.76. The van der Waals surface area contributed by atoms with Crippen LogP contribution in [0, 0.1) is 0 Å². The van der Waals surface area contributed by atoms with Crippen LogP contribution in [0.5, 0.6) is 0 Å². The van der Waals surface area contributed by atoms with Crippen molar-refractivity contribution >= 4 is 10.9 Å². The minimum absolute atomic E-state index is 0.314. The van der Waals surface area contributed by atoms with Crippen molar-refractivity contribution in [3.8, 4) is 0 Å². The zero-order valence-corrected chi connectivity index (χ0v) is 9.97. The predicted octanol–water partition coefficient (Wildman–Crippen LogP) is 3.22. The first-order valence-corrected chi connectivity index (χ1v) is 6.45. The van der Waals surface area contributed by atoms with Crippen LogP contribution in [0.25, 0.3) is 10.9 Å². The Hall–Kier alpha value is -1.41. The number of nitrogens with zero attached hydrogens (tertiary/aromatic N) is 1. The van der Waals surface area contributed by atoms with Gasteiger partial charge in [0.1, 0.15) is 0 Å². The lowest BCUT2D eigenvalue weighted by molar-refractivity contribution is 0.387. The van der Waals surface area contributed by atoms with Gasteiger partial charge < -0.3 is 5.73 Å². The number of fused-ring (bicyclic) bond motifs is 1. The molecule has 0 bridgehead atoms. The van der Waals surface area contributed by atoms with Crippen molar-refractivity contribution in [2.75, 3.05) is 0 Å². The molecule has 0 spiro atoms. The number of hydrogen-bond acceptors (Lipinski definition) is 2. The average molecular weight is 226 g/mol. The fourth-order valence-corrected chi connectivity index (χ4v) is 3.00. The van der Waals surface area contributed by atoms with Crippen molar-refractivity contribution in [2.45, 2.75) is 37.6 Å². The molecule has 2 aromatic rings. The molecule has 0 aliphatic heterocycles. The Morgan fingerprint density at radius 3 is 2.82 bits per heavy atom. The highest BCUT2D eigenvalue weighted by atomic mass is 14.7. The molecule has 0 amide bonds.